The van der Waals surface area contributed by atoms with Gasteiger partial charge in [0, 0.05) is 44.0 Å². The number of halogens is 1. The summed E-state index contributed by atoms with van der Waals surface area (Å²) in [6, 6.07) is 19.9. The zero-order valence-corrected chi connectivity index (χ0v) is 19.6. The molecule has 1 fully saturated rings. The molecule has 9 heteroatoms. The van der Waals surface area contributed by atoms with Gasteiger partial charge in [-0.2, -0.15) is 0 Å². The highest BCUT2D eigenvalue weighted by Crippen LogP contribution is 2.26. The van der Waals surface area contributed by atoms with Crippen LogP contribution in [0.15, 0.2) is 77.7 Å². The van der Waals surface area contributed by atoms with Crippen molar-refractivity contribution in [3.8, 4) is 5.75 Å². The number of piperazine rings is 1. The van der Waals surface area contributed by atoms with Gasteiger partial charge in [-0.25, -0.2) is 17.5 Å². The second-order valence-corrected chi connectivity index (χ2v) is 9.67. The zero-order valence-electron chi connectivity index (χ0n) is 18.8. The first kappa shape index (κ1) is 23.7. The van der Waals surface area contributed by atoms with Crippen LogP contribution in [-0.4, -0.2) is 52.5 Å². The van der Waals surface area contributed by atoms with Crippen molar-refractivity contribution in [3.05, 3.63) is 89.7 Å². The molecule has 0 atom stereocenters. The van der Waals surface area contributed by atoms with Crippen LogP contribution < -0.4 is 14.4 Å². The summed E-state index contributed by atoms with van der Waals surface area (Å²) in [5, 5.41) is 0. The lowest BCUT2D eigenvalue weighted by atomic mass is 10.1. The number of nitrogens with zero attached hydrogens (tertiary/aromatic N) is 2. The van der Waals surface area contributed by atoms with Crippen LogP contribution in [0, 0.1) is 5.82 Å². The highest BCUT2D eigenvalue weighted by atomic mass is 32.2. The third-order valence-electron chi connectivity index (χ3n) is 5.77. The fourth-order valence-corrected chi connectivity index (χ4v) is 5.08. The van der Waals surface area contributed by atoms with Gasteiger partial charge in [0.15, 0.2) is 0 Å². The lowest BCUT2D eigenvalue weighted by molar-refractivity contribution is 0.0746. The van der Waals surface area contributed by atoms with Crippen LogP contribution in [0.5, 0.6) is 5.75 Å². The van der Waals surface area contributed by atoms with Gasteiger partial charge in [-0.1, -0.05) is 30.3 Å². The molecule has 3 aromatic rings. The molecule has 0 aliphatic carbocycles. The molecule has 7 nitrogen and oxygen atoms in total. The Bertz CT molecular complexity index is 1240. The number of benzene rings is 3. The summed E-state index contributed by atoms with van der Waals surface area (Å²) in [5.41, 5.74) is 1.99. The first-order valence-corrected chi connectivity index (χ1v) is 12.4. The molecule has 1 amide bonds. The molecule has 3 aromatic carbocycles. The first-order chi connectivity index (χ1) is 16.4. The van der Waals surface area contributed by atoms with Crippen LogP contribution in [0.1, 0.15) is 15.9 Å². The molecule has 0 bridgehead atoms. The summed E-state index contributed by atoms with van der Waals surface area (Å²) in [6.07, 6.45) is 0. The number of amides is 1. The molecule has 178 valence electrons. The predicted octanol–water partition coefficient (Wildman–Crippen LogP) is 3.28. The minimum atomic E-state index is -3.92. The summed E-state index contributed by atoms with van der Waals surface area (Å²) in [6.45, 7) is 2.25. The van der Waals surface area contributed by atoms with E-state index in [9.17, 15) is 17.6 Å². The monoisotopic (exact) mass is 483 g/mol. The van der Waals surface area contributed by atoms with Gasteiger partial charge in [0.1, 0.15) is 16.5 Å². The average molecular weight is 484 g/mol. The van der Waals surface area contributed by atoms with E-state index < -0.39 is 10.0 Å². The Kier molecular flexibility index (Phi) is 7.14. The number of hydrogen-bond acceptors (Lipinski definition) is 5. The van der Waals surface area contributed by atoms with Crippen molar-refractivity contribution in [2.45, 2.75) is 11.4 Å². The number of nitrogens with one attached hydrogen (secondary N) is 1. The summed E-state index contributed by atoms with van der Waals surface area (Å²) < 4.78 is 47.0. The van der Waals surface area contributed by atoms with Gasteiger partial charge in [-0.3, -0.25) is 4.79 Å². The first-order valence-electron chi connectivity index (χ1n) is 10.9. The standard InChI is InChI=1S/C25H26FN3O4S/c1-33-23-12-7-20(17-24(23)34(31,32)27-18-19-5-3-2-4-6-19)25(30)29-15-13-28(14-16-29)22-10-8-21(26)9-11-22/h2-12,17,27H,13-16,18H2,1H3. The smallest absolute Gasteiger partial charge is 0.254 e. The van der Waals surface area contributed by atoms with Gasteiger partial charge >= 0.3 is 0 Å². The van der Waals surface area contributed by atoms with Gasteiger partial charge in [-0.05, 0) is 48.0 Å². The molecule has 4 rings (SSSR count). The van der Waals surface area contributed by atoms with E-state index in [2.05, 4.69) is 9.62 Å². The van der Waals surface area contributed by atoms with E-state index in [0.717, 1.165) is 11.3 Å². The molecule has 1 heterocycles. The summed E-state index contributed by atoms with van der Waals surface area (Å²) in [4.78, 5) is 16.8. The molecule has 34 heavy (non-hydrogen) atoms. The molecule has 0 spiro atoms. The fraction of sp³-hybridized carbons (Fsp3) is 0.240. The minimum absolute atomic E-state index is 0.0817. The Labute approximate surface area is 198 Å². The number of methoxy groups -OCH3 is 1. The number of ether oxygens (including phenoxy) is 1. The normalized spacial score (nSPS) is 14.2. The zero-order chi connectivity index (χ0) is 24.1. The number of rotatable bonds is 7. The Hall–Kier alpha value is -3.43. The second-order valence-electron chi connectivity index (χ2n) is 7.93. The van der Waals surface area contributed by atoms with Crippen LogP contribution in [0.4, 0.5) is 10.1 Å². The van der Waals surface area contributed by atoms with Gasteiger partial charge in [0.05, 0.1) is 7.11 Å². The summed E-state index contributed by atoms with van der Waals surface area (Å²) >= 11 is 0. The van der Waals surface area contributed by atoms with Gasteiger partial charge in [0.25, 0.3) is 5.91 Å². The Morgan fingerprint density at radius 1 is 0.971 bits per heavy atom. The summed E-state index contributed by atoms with van der Waals surface area (Å²) in [5.74, 6) is -0.375. The maximum absolute atomic E-state index is 13.2. The number of hydrogen-bond donors (Lipinski definition) is 1. The number of carbonyl (C=O) groups is 1. The van der Waals surface area contributed by atoms with Crippen molar-refractivity contribution in [2.75, 3.05) is 38.2 Å². The molecule has 1 aliphatic heterocycles. The predicted molar refractivity (Wildman–Crippen MR) is 128 cm³/mol. The van der Waals surface area contributed by atoms with Crippen molar-refractivity contribution < 1.29 is 22.3 Å². The van der Waals surface area contributed by atoms with E-state index >= 15 is 0 Å². The Balaban J connectivity index is 1.47. The highest BCUT2D eigenvalue weighted by Gasteiger charge is 2.26. The molecule has 0 saturated carbocycles. The van der Waals surface area contributed by atoms with Gasteiger partial charge in [0.2, 0.25) is 10.0 Å². The van der Waals surface area contributed by atoms with Crippen molar-refractivity contribution in [3.63, 3.8) is 0 Å². The largest absolute Gasteiger partial charge is 0.495 e. The lowest BCUT2D eigenvalue weighted by Gasteiger charge is -2.36. The van der Waals surface area contributed by atoms with Crippen LogP contribution >= 0.6 is 0 Å². The maximum atomic E-state index is 13.2. The molecule has 1 aliphatic rings. The van der Waals surface area contributed by atoms with Crippen molar-refractivity contribution in [2.24, 2.45) is 0 Å². The average Bonchev–Trinajstić information content (AvgIpc) is 2.88. The molecular weight excluding hydrogens is 457 g/mol. The van der Waals surface area contributed by atoms with Gasteiger partial charge in [-0.15, -0.1) is 0 Å². The quantitative estimate of drug-likeness (QED) is 0.558. The van der Waals surface area contributed by atoms with E-state index in [4.69, 9.17) is 4.74 Å². The second kappa shape index (κ2) is 10.2. The van der Waals surface area contributed by atoms with Crippen LogP contribution in [-0.2, 0) is 16.6 Å². The number of sulfonamides is 1. The molecular formula is C25H26FN3O4S. The van der Waals surface area contributed by atoms with Crippen molar-refractivity contribution >= 4 is 21.6 Å². The SMILES string of the molecule is COc1ccc(C(=O)N2CCN(c3ccc(F)cc3)CC2)cc1S(=O)(=O)NCc1ccccc1. The van der Waals surface area contributed by atoms with Crippen LogP contribution in [0.3, 0.4) is 0 Å². The number of anilines is 1. The molecule has 0 unspecified atom stereocenters. The Morgan fingerprint density at radius 3 is 2.29 bits per heavy atom. The fourth-order valence-electron chi connectivity index (χ4n) is 3.87. The molecule has 1 N–H and O–H groups in total. The van der Waals surface area contributed by atoms with E-state index in [1.165, 1.54) is 31.4 Å². The minimum Gasteiger partial charge on any atom is -0.495 e. The van der Waals surface area contributed by atoms with E-state index in [0.29, 0.717) is 26.2 Å². The van der Waals surface area contributed by atoms with Crippen molar-refractivity contribution in [1.29, 1.82) is 0 Å². The van der Waals surface area contributed by atoms with Crippen LogP contribution in [0.25, 0.3) is 0 Å². The Morgan fingerprint density at radius 2 is 1.65 bits per heavy atom. The van der Waals surface area contributed by atoms with E-state index in [1.807, 2.05) is 30.3 Å². The van der Waals surface area contributed by atoms with E-state index in [1.54, 1.807) is 23.1 Å². The van der Waals surface area contributed by atoms with Crippen LogP contribution in [0.2, 0.25) is 0 Å². The summed E-state index contributed by atoms with van der Waals surface area (Å²) in [7, 11) is -2.53. The molecule has 1 saturated heterocycles. The molecule has 0 radical (unpaired) electrons. The van der Waals surface area contributed by atoms with Crippen molar-refractivity contribution in [1.82, 2.24) is 9.62 Å². The lowest BCUT2D eigenvalue weighted by Crippen LogP contribution is -2.48. The third kappa shape index (κ3) is 5.37. The topological polar surface area (TPSA) is 79.0 Å². The highest BCUT2D eigenvalue weighted by molar-refractivity contribution is 7.89. The van der Waals surface area contributed by atoms with Gasteiger partial charge < -0.3 is 14.5 Å². The maximum Gasteiger partial charge on any atom is 0.254 e. The number of carbonyl (C=O) groups excluding carboxylic acids is 1. The molecule has 0 aromatic heterocycles. The third-order valence-corrected chi connectivity index (χ3v) is 7.19. The van der Waals surface area contributed by atoms with E-state index in [-0.39, 0.29) is 34.5 Å².